The minimum atomic E-state index is 0.974. The molecule has 2 heteroatoms. The number of unbranched alkanes of at least 4 members (excludes halogenated alkanes) is 7. The topological polar surface area (TPSA) is 36.7 Å². The normalized spacial score (nSPS) is 10.4. The third kappa shape index (κ3) is 7.35. The number of nitrogens with zero attached hydrogens (tertiary/aromatic N) is 2. The number of nitriles is 1. The van der Waals surface area contributed by atoms with Crippen molar-refractivity contribution in [1.82, 2.24) is 4.98 Å². The Morgan fingerprint density at radius 2 is 1.41 bits per heavy atom. The van der Waals surface area contributed by atoms with Gasteiger partial charge in [0.1, 0.15) is 0 Å². The molecular weight excluding hydrogens is 352 g/mol. The first-order valence-electron chi connectivity index (χ1n) is 11.0. The summed E-state index contributed by atoms with van der Waals surface area (Å²) < 4.78 is 0. The number of aryl methyl sites for hydroxylation is 1. The molecule has 0 fully saturated rings. The molecule has 0 radical (unpaired) electrons. The van der Waals surface area contributed by atoms with Crippen LogP contribution >= 0.6 is 0 Å². The van der Waals surface area contributed by atoms with Crippen LogP contribution in [0.3, 0.4) is 0 Å². The van der Waals surface area contributed by atoms with E-state index < -0.39 is 0 Å². The molecule has 0 aliphatic carbocycles. The van der Waals surface area contributed by atoms with Crippen LogP contribution in [-0.2, 0) is 12.8 Å². The van der Waals surface area contributed by atoms with Gasteiger partial charge in [-0.2, -0.15) is 0 Å². The standard InChI is InChI=1S/C26H33N.CHN/c1-2-3-4-5-6-7-8-9-13-22-18-19-27-21-25(22)20-24-16-12-15-23-14-10-11-17-26(23)24;1-2/h10-12,14-19,21H,2-9,13,20H2,1H3;1H. The van der Waals surface area contributed by atoms with Crippen LogP contribution in [0.15, 0.2) is 60.9 Å². The van der Waals surface area contributed by atoms with Gasteiger partial charge in [-0.05, 0) is 52.8 Å². The van der Waals surface area contributed by atoms with E-state index in [4.69, 9.17) is 5.26 Å². The molecule has 0 atom stereocenters. The molecule has 0 aliphatic rings. The maximum absolute atomic E-state index is 6.50. The second-order valence-electron chi connectivity index (χ2n) is 7.68. The summed E-state index contributed by atoms with van der Waals surface area (Å²) in [6.07, 6.45) is 17.2. The molecule has 3 aromatic rings. The molecule has 0 saturated carbocycles. The zero-order valence-corrected chi connectivity index (χ0v) is 17.8. The average molecular weight is 387 g/mol. The van der Waals surface area contributed by atoms with Crippen LogP contribution in [0.5, 0.6) is 0 Å². The van der Waals surface area contributed by atoms with Gasteiger partial charge in [-0.25, -0.2) is 5.26 Å². The van der Waals surface area contributed by atoms with Gasteiger partial charge in [0.2, 0.25) is 0 Å². The first kappa shape index (κ1) is 22.6. The van der Waals surface area contributed by atoms with Crippen molar-refractivity contribution in [2.45, 2.75) is 71.1 Å². The number of fused-ring (bicyclic) bond motifs is 1. The highest BCUT2D eigenvalue weighted by atomic mass is 14.6. The molecule has 1 aromatic heterocycles. The molecule has 0 spiro atoms. The summed E-state index contributed by atoms with van der Waals surface area (Å²) in [6, 6.07) is 17.5. The molecule has 0 saturated heterocycles. The summed E-state index contributed by atoms with van der Waals surface area (Å²) in [5.74, 6) is 0. The Morgan fingerprint density at radius 3 is 2.21 bits per heavy atom. The fourth-order valence-electron chi connectivity index (χ4n) is 3.96. The van der Waals surface area contributed by atoms with Gasteiger partial charge < -0.3 is 0 Å². The average Bonchev–Trinajstić information content (AvgIpc) is 2.78. The van der Waals surface area contributed by atoms with Crippen LogP contribution in [-0.4, -0.2) is 4.98 Å². The van der Waals surface area contributed by atoms with Gasteiger partial charge in [0.05, 0.1) is 0 Å². The summed E-state index contributed by atoms with van der Waals surface area (Å²) in [5.41, 5.74) is 4.26. The van der Waals surface area contributed by atoms with Crippen molar-refractivity contribution in [1.29, 1.82) is 5.26 Å². The van der Waals surface area contributed by atoms with E-state index in [1.807, 2.05) is 6.20 Å². The van der Waals surface area contributed by atoms with Gasteiger partial charge in [0, 0.05) is 19.0 Å². The van der Waals surface area contributed by atoms with E-state index in [1.165, 1.54) is 85.3 Å². The molecule has 3 rings (SSSR count). The van der Waals surface area contributed by atoms with E-state index in [-0.39, 0.29) is 0 Å². The lowest BCUT2D eigenvalue weighted by atomic mass is 9.95. The van der Waals surface area contributed by atoms with Crippen LogP contribution in [0.2, 0.25) is 0 Å². The number of hydrogen-bond donors (Lipinski definition) is 0. The Bertz CT molecular complexity index is 861. The summed E-state index contributed by atoms with van der Waals surface area (Å²) in [4.78, 5) is 4.41. The molecule has 2 aromatic carbocycles. The van der Waals surface area contributed by atoms with Crippen LogP contribution in [0.4, 0.5) is 0 Å². The largest absolute Gasteiger partial charge is 0.264 e. The van der Waals surface area contributed by atoms with Crippen molar-refractivity contribution in [3.8, 4) is 6.57 Å². The third-order valence-corrected chi connectivity index (χ3v) is 5.57. The number of rotatable bonds is 11. The quantitative estimate of drug-likeness (QED) is 0.317. The highest BCUT2D eigenvalue weighted by Crippen LogP contribution is 2.23. The lowest BCUT2D eigenvalue weighted by Crippen LogP contribution is -1.98. The van der Waals surface area contributed by atoms with Gasteiger partial charge >= 0.3 is 0 Å². The maximum Gasteiger partial charge on any atom is 0.0462 e. The van der Waals surface area contributed by atoms with E-state index in [1.54, 1.807) is 0 Å². The maximum atomic E-state index is 6.50. The highest BCUT2D eigenvalue weighted by Gasteiger charge is 2.07. The second kappa shape index (κ2) is 13.5. The SMILES string of the molecule is C#N.CCCCCCCCCCc1ccncc1Cc1cccc2ccccc12. The summed E-state index contributed by atoms with van der Waals surface area (Å²) >= 11 is 0. The highest BCUT2D eigenvalue weighted by molar-refractivity contribution is 5.85. The first-order chi connectivity index (χ1) is 14.4. The molecule has 0 bridgehead atoms. The molecule has 152 valence electrons. The zero-order valence-electron chi connectivity index (χ0n) is 17.8. The molecule has 0 N–H and O–H groups in total. The number of benzene rings is 2. The predicted octanol–water partition coefficient (Wildman–Crippen LogP) is 7.65. The van der Waals surface area contributed by atoms with Gasteiger partial charge in [-0.15, -0.1) is 0 Å². The molecule has 29 heavy (non-hydrogen) atoms. The Kier molecular flexibility index (Phi) is 10.5. The van der Waals surface area contributed by atoms with Gasteiger partial charge in [0.15, 0.2) is 0 Å². The number of hydrogen-bond acceptors (Lipinski definition) is 2. The van der Waals surface area contributed by atoms with E-state index >= 15 is 0 Å². The minimum Gasteiger partial charge on any atom is -0.264 e. The van der Waals surface area contributed by atoms with Crippen LogP contribution in [0, 0.1) is 11.8 Å². The summed E-state index contributed by atoms with van der Waals surface area (Å²) in [5, 5.41) is 9.19. The Hall–Kier alpha value is -2.66. The van der Waals surface area contributed by atoms with Crippen LogP contribution < -0.4 is 0 Å². The van der Waals surface area contributed by atoms with Gasteiger partial charge in [-0.3, -0.25) is 4.98 Å². The summed E-state index contributed by atoms with van der Waals surface area (Å²) in [6.45, 7) is 5.78. The minimum absolute atomic E-state index is 0.974. The second-order valence-corrected chi connectivity index (χ2v) is 7.68. The number of aromatic nitrogens is 1. The molecular formula is C27H34N2. The Labute approximate surface area is 176 Å². The van der Waals surface area contributed by atoms with Crippen molar-refractivity contribution in [2.75, 3.05) is 0 Å². The predicted molar refractivity (Wildman–Crippen MR) is 124 cm³/mol. The van der Waals surface area contributed by atoms with Crippen LogP contribution in [0.25, 0.3) is 10.8 Å². The Morgan fingerprint density at radius 1 is 0.724 bits per heavy atom. The van der Waals surface area contributed by atoms with Gasteiger partial charge in [-0.1, -0.05) is 94.3 Å². The lowest BCUT2D eigenvalue weighted by molar-refractivity contribution is 0.575. The Balaban J connectivity index is 0.00000145. The van der Waals surface area contributed by atoms with E-state index in [2.05, 4.69) is 73.2 Å². The van der Waals surface area contributed by atoms with Crippen molar-refractivity contribution >= 4 is 10.8 Å². The smallest absolute Gasteiger partial charge is 0.0462 e. The molecule has 0 aliphatic heterocycles. The fraction of sp³-hybridized carbons (Fsp3) is 0.407. The molecule has 0 amide bonds. The fourth-order valence-corrected chi connectivity index (χ4v) is 3.96. The molecule has 2 nitrogen and oxygen atoms in total. The van der Waals surface area contributed by atoms with Crippen molar-refractivity contribution < 1.29 is 0 Å². The van der Waals surface area contributed by atoms with Crippen molar-refractivity contribution in [2.24, 2.45) is 0 Å². The molecule has 1 heterocycles. The van der Waals surface area contributed by atoms with E-state index in [0.29, 0.717) is 0 Å². The third-order valence-electron chi connectivity index (χ3n) is 5.57. The summed E-state index contributed by atoms with van der Waals surface area (Å²) in [7, 11) is 0. The monoisotopic (exact) mass is 386 g/mol. The molecule has 0 unspecified atom stereocenters. The van der Waals surface area contributed by atoms with Crippen molar-refractivity contribution in [3.63, 3.8) is 0 Å². The first-order valence-corrected chi connectivity index (χ1v) is 11.0. The van der Waals surface area contributed by atoms with Crippen LogP contribution in [0.1, 0.15) is 75.0 Å². The van der Waals surface area contributed by atoms with Gasteiger partial charge in [0.25, 0.3) is 0 Å². The zero-order chi connectivity index (χ0) is 20.7. The van der Waals surface area contributed by atoms with Crippen molar-refractivity contribution in [3.05, 3.63) is 77.6 Å². The lowest BCUT2D eigenvalue weighted by Gasteiger charge is -2.11. The number of pyridine rings is 1. The van der Waals surface area contributed by atoms with E-state index in [9.17, 15) is 0 Å². The van der Waals surface area contributed by atoms with E-state index in [0.717, 1.165) is 6.42 Å².